The van der Waals surface area contributed by atoms with Gasteiger partial charge in [-0.25, -0.2) is 0 Å². The monoisotopic (exact) mass is 518 g/mol. The number of unbranched alkanes of at least 4 members (excludes halogenated alkanes) is 23. The second-order valence-corrected chi connectivity index (χ2v) is 11.9. The summed E-state index contributed by atoms with van der Waals surface area (Å²) in [6.45, 7) is 4.58. The van der Waals surface area contributed by atoms with Crippen molar-refractivity contribution in [1.82, 2.24) is 0 Å². The molecule has 0 aliphatic rings. The molecule has 0 fully saturated rings. The first kappa shape index (κ1) is 36.4. The van der Waals surface area contributed by atoms with Crippen molar-refractivity contribution in [3.8, 4) is 0 Å². The van der Waals surface area contributed by atoms with Crippen molar-refractivity contribution in [1.29, 1.82) is 0 Å². The Morgan fingerprint density at radius 1 is 0.351 bits per heavy atom. The molecule has 1 nitrogen and oxygen atoms in total. The van der Waals surface area contributed by atoms with E-state index in [-0.39, 0.29) is 0 Å². The molecule has 0 bridgehead atoms. The summed E-state index contributed by atoms with van der Waals surface area (Å²) in [7, 11) is 0. The summed E-state index contributed by atoms with van der Waals surface area (Å²) < 4.78 is 0. The first-order valence-corrected chi connectivity index (χ1v) is 17.4. The van der Waals surface area contributed by atoms with E-state index in [0.29, 0.717) is 6.04 Å². The van der Waals surface area contributed by atoms with Gasteiger partial charge in [-0.2, -0.15) is 0 Å². The molecule has 0 amide bonds. The Kier molecular flexibility index (Phi) is 33.0. The zero-order chi connectivity index (χ0) is 26.9. The molecular weight excluding hydrogens is 446 g/mol. The van der Waals surface area contributed by atoms with Crippen LogP contribution in [0.1, 0.15) is 200 Å². The van der Waals surface area contributed by atoms with Gasteiger partial charge >= 0.3 is 0 Å². The highest BCUT2D eigenvalue weighted by atomic mass is 14.6. The standard InChI is InChI=1S/C36H71N/c1-3-5-7-9-11-13-15-17-19-21-23-25-27-29-31-33-35-36(37)34-32-30-28-26-24-22-20-18-16-14-12-10-8-6-4-2/h17-20,36H,3-16,21-35,37H2,1-2H3/b19-17-,20-18?. The van der Waals surface area contributed by atoms with Gasteiger partial charge in [-0.05, 0) is 64.2 Å². The normalized spacial score (nSPS) is 12.8. The van der Waals surface area contributed by atoms with E-state index in [1.807, 2.05) is 0 Å². The fourth-order valence-corrected chi connectivity index (χ4v) is 5.28. The number of rotatable bonds is 31. The van der Waals surface area contributed by atoms with Crippen molar-refractivity contribution in [2.24, 2.45) is 5.73 Å². The summed E-state index contributed by atoms with van der Waals surface area (Å²) in [5.74, 6) is 0. The van der Waals surface area contributed by atoms with Gasteiger partial charge in [0.15, 0.2) is 0 Å². The largest absolute Gasteiger partial charge is 0.328 e. The maximum absolute atomic E-state index is 6.37. The first-order chi connectivity index (χ1) is 18.3. The maximum Gasteiger partial charge on any atom is 0.00388 e. The molecule has 220 valence electrons. The van der Waals surface area contributed by atoms with Crippen LogP contribution in [0.4, 0.5) is 0 Å². The summed E-state index contributed by atoms with van der Waals surface area (Å²) in [5, 5.41) is 0. The molecule has 0 aromatic rings. The fraction of sp³-hybridized carbons (Fsp3) is 0.889. The second kappa shape index (κ2) is 33.5. The topological polar surface area (TPSA) is 26.0 Å². The number of hydrogen-bond donors (Lipinski definition) is 1. The van der Waals surface area contributed by atoms with Gasteiger partial charge in [0.2, 0.25) is 0 Å². The smallest absolute Gasteiger partial charge is 0.00388 e. The predicted molar refractivity (Wildman–Crippen MR) is 171 cm³/mol. The molecule has 0 aliphatic heterocycles. The number of allylic oxidation sites excluding steroid dienone is 4. The molecule has 0 heterocycles. The quantitative estimate of drug-likeness (QED) is 0.0718. The molecule has 0 spiro atoms. The minimum absolute atomic E-state index is 0.446. The van der Waals surface area contributed by atoms with Crippen molar-refractivity contribution < 1.29 is 0 Å². The Labute approximate surface area is 235 Å². The summed E-state index contributed by atoms with van der Waals surface area (Å²) in [6, 6.07) is 0.446. The lowest BCUT2D eigenvalue weighted by molar-refractivity contribution is 0.484. The van der Waals surface area contributed by atoms with E-state index in [1.54, 1.807) is 0 Å². The van der Waals surface area contributed by atoms with Gasteiger partial charge in [0, 0.05) is 6.04 Å². The Morgan fingerprint density at radius 3 is 0.892 bits per heavy atom. The highest BCUT2D eigenvalue weighted by Crippen LogP contribution is 2.14. The third-order valence-electron chi connectivity index (χ3n) is 7.92. The molecule has 0 aromatic carbocycles. The molecule has 1 heteroatoms. The number of nitrogens with two attached hydrogens (primary N) is 1. The summed E-state index contributed by atoms with van der Waals surface area (Å²) in [6.07, 6.45) is 49.4. The van der Waals surface area contributed by atoms with E-state index in [1.165, 1.54) is 186 Å². The lowest BCUT2D eigenvalue weighted by Crippen LogP contribution is -2.19. The zero-order valence-electron chi connectivity index (χ0n) is 26.0. The molecule has 0 saturated carbocycles. The summed E-state index contributed by atoms with van der Waals surface area (Å²) in [4.78, 5) is 0. The molecule has 0 rings (SSSR count). The van der Waals surface area contributed by atoms with E-state index in [0.717, 1.165) is 0 Å². The van der Waals surface area contributed by atoms with E-state index in [2.05, 4.69) is 38.2 Å². The Hall–Kier alpha value is -0.560. The molecule has 1 atom stereocenters. The first-order valence-electron chi connectivity index (χ1n) is 17.4. The van der Waals surface area contributed by atoms with Crippen LogP contribution in [0.5, 0.6) is 0 Å². The predicted octanol–water partition coefficient (Wildman–Crippen LogP) is 12.8. The molecule has 0 radical (unpaired) electrons. The third kappa shape index (κ3) is 33.4. The molecule has 0 aromatic heterocycles. The summed E-state index contributed by atoms with van der Waals surface area (Å²) in [5.41, 5.74) is 6.37. The number of hydrogen-bond acceptors (Lipinski definition) is 1. The molecule has 1 unspecified atom stereocenters. The van der Waals surface area contributed by atoms with Crippen LogP contribution < -0.4 is 5.73 Å². The van der Waals surface area contributed by atoms with Gasteiger partial charge in [0.25, 0.3) is 0 Å². The van der Waals surface area contributed by atoms with Crippen LogP contribution in [0.15, 0.2) is 24.3 Å². The molecule has 0 aliphatic carbocycles. The maximum atomic E-state index is 6.37. The average molecular weight is 518 g/mol. The molecular formula is C36H71N. The third-order valence-corrected chi connectivity index (χ3v) is 7.92. The van der Waals surface area contributed by atoms with E-state index in [9.17, 15) is 0 Å². The molecule has 0 saturated heterocycles. The molecule has 37 heavy (non-hydrogen) atoms. The highest BCUT2D eigenvalue weighted by Gasteiger charge is 2.02. The minimum Gasteiger partial charge on any atom is -0.328 e. The second-order valence-electron chi connectivity index (χ2n) is 11.9. The van der Waals surface area contributed by atoms with Crippen molar-refractivity contribution in [3.05, 3.63) is 24.3 Å². The Bertz CT molecular complexity index is 452. The van der Waals surface area contributed by atoms with Gasteiger partial charge in [-0.3, -0.25) is 0 Å². The highest BCUT2D eigenvalue weighted by molar-refractivity contribution is 4.82. The van der Waals surface area contributed by atoms with Crippen molar-refractivity contribution >= 4 is 0 Å². The van der Waals surface area contributed by atoms with Gasteiger partial charge in [0.05, 0.1) is 0 Å². The van der Waals surface area contributed by atoms with E-state index < -0.39 is 0 Å². The Morgan fingerprint density at radius 2 is 0.595 bits per heavy atom. The van der Waals surface area contributed by atoms with Crippen LogP contribution in [0.3, 0.4) is 0 Å². The van der Waals surface area contributed by atoms with Crippen LogP contribution in [0.2, 0.25) is 0 Å². The SMILES string of the molecule is CCCCCCCCC=CCCCCCCCC(N)CCCCCCCC/C=C\CCCCCCCC. The van der Waals surface area contributed by atoms with Crippen LogP contribution in [0, 0.1) is 0 Å². The van der Waals surface area contributed by atoms with Gasteiger partial charge in [-0.1, -0.05) is 160 Å². The summed E-state index contributed by atoms with van der Waals surface area (Å²) >= 11 is 0. The average Bonchev–Trinajstić information content (AvgIpc) is 2.90. The molecule has 2 N–H and O–H groups in total. The van der Waals surface area contributed by atoms with Gasteiger partial charge < -0.3 is 5.73 Å². The van der Waals surface area contributed by atoms with E-state index in [4.69, 9.17) is 5.73 Å². The lowest BCUT2D eigenvalue weighted by Gasteiger charge is -2.11. The lowest BCUT2D eigenvalue weighted by atomic mass is 10.0. The fourth-order valence-electron chi connectivity index (χ4n) is 5.28. The van der Waals surface area contributed by atoms with Gasteiger partial charge in [-0.15, -0.1) is 0 Å². The Balaban J connectivity index is 3.23. The van der Waals surface area contributed by atoms with Crippen LogP contribution in [0.25, 0.3) is 0 Å². The van der Waals surface area contributed by atoms with Crippen LogP contribution >= 0.6 is 0 Å². The van der Waals surface area contributed by atoms with Crippen molar-refractivity contribution in [3.63, 3.8) is 0 Å². The van der Waals surface area contributed by atoms with E-state index >= 15 is 0 Å². The zero-order valence-corrected chi connectivity index (χ0v) is 26.0. The minimum atomic E-state index is 0.446. The van der Waals surface area contributed by atoms with Gasteiger partial charge in [0.1, 0.15) is 0 Å². The van der Waals surface area contributed by atoms with Crippen molar-refractivity contribution in [2.75, 3.05) is 0 Å². The van der Waals surface area contributed by atoms with Crippen LogP contribution in [-0.4, -0.2) is 6.04 Å². The van der Waals surface area contributed by atoms with Crippen LogP contribution in [-0.2, 0) is 0 Å². The van der Waals surface area contributed by atoms with Crippen molar-refractivity contribution in [2.45, 2.75) is 206 Å².